The highest BCUT2D eigenvalue weighted by molar-refractivity contribution is 4.91. The minimum atomic E-state index is 0.582. The summed E-state index contributed by atoms with van der Waals surface area (Å²) in [7, 11) is 1.60. The zero-order chi connectivity index (χ0) is 8.27. The van der Waals surface area contributed by atoms with Crippen molar-refractivity contribution >= 4 is 0 Å². The summed E-state index contributed by atoms with van der Waals surface area (Å²) in [6.07, 6.45) is 1.68. The third kappa shape index (κ3) is 1.93. The van der Waals surface area contributed by atoms with Crippen molar-refractivity contribution in [1.29, 1.82) is 0 Å². The smallest absolute Gasteiger partial charge is 0.316 e. The van der Waals surface area contributed by atoms with Gasteiger partial charge in [-0.2, -0.15) is 0 Å². The molecule has 0 N–H and O–H groups in total. The molecular weight excluding hydrogens is 142 g/mol. The average Bonchev–Trinajstić information content (AvgIpc) is 2.34. The van der Waals surface area contributed by atoms with Crippen LogP contribution in [-0.4, -0.2) is 21.9 Å². The third-order valence-electron chi connectivity index (χ3n) is 1.32. The molecule has 0 bridgehead atoms. The number of ether oxygens (including phenoxy) is 1. The second kappa shape index (κ2) is 3.37. The van der Waals surface area contributed by atoms with Crippen LogP contribution in [0.25, 0.3) is 0 Å². The van der Waals surface area contributed by atoms with Crippen molar-refractivity contribution < 1.29 is 4.74 Å². The molecule has 1 heterocycles. The van der Waals surface area contributed by atoms with Gasteiger partial charge in [0.15, 0.2) is 0 Å². The van der Waals surface area contributed by atoms with Crippen molar-refractivity contribution in [2.45, 2.75) is 20.4 Å². The Kier molecular flexibility index (Phi) is 2.46. The second-order valence-corrected chi connectivity index (χ2v) is 2.86. The lowest BCUT2D eigenvalue weighted by Gasteiger charge is -2.06. The molecule has 0 saturated carbocycles. The normalized spacial score (nSPS) is 10.5. The molecule has 0 saturated heterocycles. The van der Waals surface area contributed by atoms with Crippen molar-refractivity contribution in [1.82, 2.24) is 14.8 Å². The Morgan fingerprint density at radius 3 is 2.91 bits per heavy atom. The van der Waals surface area contributed by atoms with E-state index in [-0.39, 0.29) is 0 Å². The number of methoxy groups -OCH3 is 1. The molecule has 62 valence electrons. The fourth-order valence-corrected chi connectivity index (χ4v) is 0.921. The maximum atomic E-state index is 4.98. The minimum absolute atomic E-state index is 0.582. The third-order valence-corrected chi connectivity index (χ3v) is 1.32. The average molecular weight is 155 g/mol. The quantitative estimate of drug-likeness (QED) is 0.652. The van der Waals surface area contributed by atoms with E-state index in [9.17, 15) is 0 Å². The van der Waals surface area contributed by atoms with Gasteiger partial charge >= 0.3 is 6.01 Å². The van der Waals surface area contributed by atoms with Crippen LogP contribution in [0.4, 0.5) is 0 Å². The van der Waals surface area contributed by atoms with Crippen molar-refractivity contribution in [2.24, 2.45) is 5.92 Å². The zero-order valence-corrected chi connectivity index (χ0v) is 7.11. The molecule has 0 aromatic carbocycles. The standard InChI is InChI=1S/C7H13N3O/c1-6(2)4-10-5-8-9-7(10)11-3/h5-6H,4H2,1-3H3. The molecule has 1 rings (SSSR count). The summed E-state index contributed by atoms with van der Waals surface area (Å²) in [4.78, 5) is 0. The monoisotopic (exact) mass is 155 g/mol. The molecule has 4 heteroatoms. The van der Waals surface area contributed by atoms with Crippen molar-refractivity contribution in [2.75, 3.05) is 7.11 Å². The van der Waals surface area contributed by atoms with Crippen molar-refractivity contribution in [3.8, 4) is 6.01 Å². The van der Waals surface area contributed by atoms with Gasteiger partial charge in [-0.3, -0.25) is 4.57 Å². The molecule has 0 atom stereocenters. The minimum Gasteiger partial charge on any atom is -0.467 e. The zero-order valence-electron chi connectivity index (χ0n) is 7.11. The molecule has 0 amide bonds. The number of aromatic nitrogens is 3. The van der Waals surface area contributed by atoms with Gasteiger partial charge in [0, 0.05) is 6.54 Å². The van der Waals surface area contributed by atoms with E-state index in [1.165, 1.54) is 0 Å². The predicted octanol–water partition coefficient (Wildman–Crippen LogP) is 0.943. The lowest BCUT2D eigenvalue weighted by atomic mass is 10.2. The maximum Gasteiger partial charge on any atom is 0.316 e. The van der Waals surface area contributed by atoms with Crippen LogP contribution in [0.2, 0.25) is 0 Å². The molecule has 1 aromatic heterocycles. The van der Waals surface area contributed by atoms with Crippen molar-refractivity contribution in [3.63, 3.8) is 0 Å². The van der Waals surface area contributed by atoms with E-state index in [0.29, 0.717) is 11.9 Å². The molecule has 0 spiro atoms. The maximum absolute atomic E-state index is 4.98. The van der Waals surface area contributed by atoms with E-state index < -0.39 is 0 Å². The Morgan fingerprint density at radius 2 is 2.36 bits per heavy atom. The molecule has 1 aromatic rings. The summed E-state index contributed by atoms with van der Waals surface area (Å²) >= 11 is 0. The number of hydrogen-bond donors (Lipinski definition) is 0. The molecule has 0 aliphatic rings. The Balaban J connectivity index is 2.68. The SMILES string of the molecule is COc1nncn1CC(C)C. The van der Waals surface area contributed by atoms with Crippen LogP contribution in [-0.2, 0) is 6.54 Å². The van der Waals surface area contributed by atoms with Crippen LogP contribution < -0.4 is 4.74 Å². The van der Waals surface area contributed by atoms with Gasteiger partial charge in [0.25, 0.3) is 0 Å². The van der Waals surface area contributed by atoms with E-state index in [2.05, 4.69) is 24.0 Å². The molecule has 4 nitrogen and oxygen atoms in total. The van der Waals surface area contributed by atoms with E-state index in [0.717, 1.165) is 6.54 Å². The Labute approximate surface area is 66.2 Å². The van der Waals surface area contributed by atoms with E-state index in [1.54, 1.807) is 13.4 Å². The number of rotatable bonds is 3. The van der Waals surface area contributed by atoms with Gasteiger partial charge in [-0.25, -0.2) is 0 Å². The lowest BCUT2D eigenvalue weighted by Crippen LogP contribution is -2.05. The molecule has 0 unspecified atom stereocenters. The topological polar surface area (TPSA) is 39.9 Å². The lowest BCUT2D eigenvalue weighted by molar-refractivity contribution is 0.344. The van der Waals surface area contributed by atoms with Gasteiger partial charge < -0.3 is 4.74 Å². The summed E-state index contributed by atoms with van der Waals surface area (Å²) in [5.41, 5.74) is 0. The van der Waals surface area contributed by atoms with E-state index >= 15 is 0 Å². The first kappa shape index (κ1) is 8.04. The first-order valence-electron chi connectivity index (χ1n) is 3.66. The van der Waals surface area contributed by atoms with Crippen LogP contribution in [0.1, 0.15) is 13.8 Å². The molecule has 0 fully saturated rings. The summed E-state index contributed by atoms with van der Waals surface area (Å²) in [6, 6.07) is 0.582. The predicted molar refractivity (Wildman–Crippen MR) is 41.4 cm³/mol. The van der Waals surface area contributed by atoms with Crippen LogP contribution in [0, 0.1) is 5.92 Å². The van der Waals surface area contributed by atoms with Gasteiger partial charge in [0.1, 0.15) is 6.33 Å². The summed E-state index contributed by atoms with van der Waals surface area (Å²) in [5.74, 6) is 0.583. The Bertz CT molecular complexity index is 219. The first-order chi connectivity index (χ1) is 5.24. The second-order valence-electron chi connectivity index (χ2n) is 2.86. The fourth-order valence-electron chi connectivity index (χ4n) is 0.921. The first-order valence-corrected chi connectivity index (χ1v) is 3.66. The molecular formula is C7H13N3O. The molecule has 0 radical (unpaired) electrons. The fraction of sp³-hybridized carbons (Fsp3) is 0.714. The molecule has 0 aliphatic carbocycles. The van der Waals surface area contributed by atoms with Gasteiger partial charge in [0.2, 0.25) is 0 Å². The highest BCUT2D eigenvalue weighted by atomic mass is 16.5. The van der Waals surface area contributed by atoms with Crippen LogP contribution in [0.3, 0.4) is 0 Å². The van der Waals surface area contributed by atoms with Crippen LogP contribution in [0.15, 0.2) is 6.33 Å². The molecule has 0 aliphatic heterocycles. The van der Waals surface area contributed by atoms with Crippen molar-refractivity contribution in [3.05, 3.63) is 6.33 Å². The van der Waals surface area contributed by atoms with E-state index in [4.69, 9.17) is 4.74 Å². The summed E-state index contributed by atoms with van der Waals surface area (Å²) in [6.45, 7) is 5.18. The van der Waals surface area contributed by atoms with Crippen LogP contribution >= 0.6 is 0 Å². The Morgan fingerprint density at radius 1 is 1.64 bits per heavy atom. The largest absolute Gasteiger partial charge is 0.467 e. The van der Waals surface area contributed by atoms with Gasteiger partial charge in [-0.1, -0.05) is 18.9 Å². The number of hydrogen-bond acceptors (Lipinski definition) is 3. The van der Waals surface area contributed by atoms with Gasteiger partial charge in [-0.05, 0) is 5.92 Å². The van der Waals surface area contributed by atoms with Gasteiger partial charge in [-0.15, -0.1) is 5.10 Å². The van der Waals surface area contributed by atoms with Gasteiger partial charge in [0.05, 0.1) is 7.11 Å². The number of nitrogens with zero attached hydrogens (tertiary/aromatic N) is 3. The van der Waals surface area contributed by atoms with E-state index in [1.807, 2.05) is 4.57 Å². The summed E-state index contributed by atoms with van der Waals surface area (Å²) < 4.78 is 6.87. The highest BCUT2D eigenvalue weighted by Crippen LogP contribution is 2.07. The molecule has 11 heavy (non-hydrogen) atoms. The highest BCUT2D eigenvalue weighted by Gasteiger charge is 2.03. The summed E-state index contributed by atoms with van der Waals surface area (Å²) in [5, 5.41) is 7.51. The van der Waals surface area contributed by atoms with Crippen LogP contribution in [0.5, 0.6) is 6.01 Å². The Hall–Kier alpha value is -1.06.